The molecule has 5 fully saturated rings. The summed E-state index contributed by atoms with van der Waals surface area (Å²) in [6, 6.07) is 4.74. The number of halogens is 3. The van der Waals surface area contributed by atoms with E-state index in [1.165, 1.54) is 6.07 Å². The van der Waals surface area contributed by atoms with Crippen LogP contribution < -0.4 is 0 Å². The Bertz CT molecular complexity index is 1260. The SMILES string of the molecule is Cc1c(Cl)c([N+](=O)[O-])nn1C12CC3CC(CC(CC(=O)N4CCN(Cc5c(F)cccc5Cl)CC4)(C3)C1)C2. The van der Waals surface area contributed by atoms with E-state index in [2.05, 4.69) is 10.00 Å². The van der Waals surface area contributed by atoms with Gasteiger partial charge in [0.25, 0.3) is 0 Å². The molecule has 2 atom stereocenters. The Morgan fingerprint density at radius 1 is 1.16 bits per heavy atom. The second kappa shape index (κ2) is 9.45. The average Bonchev–Trinajstić information content (AvgIpc) is 3.16. The summed E-state index contributed by atoms with van der Waals surface area (Å²) in [4.78, 5) is 28.7. The highest BCUT2D eigenvalue weighted by Crippen LogP contribution is 2.65. The summed E-state index contributed by atoms with van der Waals surface area (Å²) in [5, 5.41) is 16.5. The molecule has 204 valence electrons. The van der Waals surface area contributed by atoms with Crippen LogP contribution in [0, 0.1) is 40.1 Å². The van der Waals surface area contributed by atoms with E-state index in [1.54, 1.807) is 12.1 Å². The largest absolute Gasteiger partial charge is 0.408 e. The molecule has 0 spiro atoms. The maximum Gasteiger partial charge on any atom is 0.408 e. The van der Waals surface area contributed by atoms with Crippen molar-refractivity contribution in [3.05, 3.63) is 55.4 Å². The fourth-order valence-corrected chi connectivity index (χ4v) is 8.81. The molecule has 11 heteroatoms. The maximum atomic E-state index is 14.2. The quantitative estimate of drug-likeness (QED) is 0.338. The Labute approximate surface area is 231 Å². The van der Waals surface area contributed by atoms with Crippen LogP contribution in [0.1, 0.15) is 56.2 Å². The van der Waals surface area contributed by atoms with E-state index in [0.717, 1.165) is 38.5 Å². The number of nitro groups is 1. The minimum Gasteiger partial charge on any atom is -0.358 e. The lowest BCUT2D eigenvalue weighted by Gasteiger charge is -2.61. The number of carbonyl (C=O) groups excluding carboxylic acids is 1. The monoisotopic (exact) mass is 563 g/mol. The molecule has 1 aromatic heterocycles. The first-order valence-electron chi connectivity index (χ1n) is 13.4. The third-order valence-electron chi connectivity index (χ3n) is 9.49. The Hall–Kier alpha value is -2.23. The van der Waals surface area contributed by atoms with E-state index >= 15 is 0 Å². The topological polar surface area (TPSA) is 84.5 Å². The van der Waals surface area contributed by atoms with Gasteiger partial charge >= 0.3 is 5.82 Å². The van der Waals surface area contributed by atoms with Crippen LogP contribution in [0.25, 0.3) is 0 Å². The first kappa shape index (κ1) is 26.0. The number of nitrogens with zero attached hydrogens (tertiary/aromatic N) is 5. The first-order valence-corrected chi connectivity index (χ1v) is 14.2. The standard InChI is InChI=1S/C27H32Cl2FN5O3/c1-17-24(29)25(35(37)38)31-34(17)27-12-18-9-19(13-27)11-26(10-18,16-27)14-23(36)33-7-5-32(6-8-33)15-20-21(28)3-2-4-22(20)30/h2-4,18-19H,5-16H2,1H3. The van der Waals surface area contributed by atoms with Gasteiger partial charge in [-0.1, -0.05) is 29.3 Å². The summed E-state index contributed by atoms with van der Waals surface area (Å²) in [5.41, 5.74) is 0.720. The van der Waals surface area contributed by atoms with Gasteiger partial charge < -0.3 is 15.0 Å². The van der Waals surface area contributed by atoms with Crippen LogP contribution >= 0.6 is 23.2 Å². The van der Waals surface area contributed by atoms with Crippen molar-refractivity contribution in [3.63, 3.8) is 0 Å². The van der Waals surface area contributed by atoms with E-state index in [4.69, 9.17) is 23.2 Å². The van der Waals surface area contributed by atoms with Crippen molar-refractivity contribution in [1.29, 1.82) is 0 Å². The summed E-state index contributed by atoms with van der Waals surface area (Å²) in [7, 11) is 0. The van der Waals surface area contributed by atoms with E-state index < -0.39 is 4.92 Å². The molecule has 4 bridgehead atoms. The normalized spacial score (nSPS) is 30.7. The van der Waals surface area contributed by atoms with Crippen LogP contribution in [-0.2, 0) is 16.9 Å². The lowest BCUT2D eigenvalue weighted by Crippen LogP contribution is -2.58. The number of hydrogen-bond acceptors (Lipinski definition) is 5. The molecule has 0 radical (unpaired) electrons. The molecule has 2 heterocycles. The smallest absolute Gasteiger partial charge is 0.358 e. The van der Waals surface area contributed by atoms with E-state index in [-0.39, 0.29) is 33.5 Å². The van der Waals surface area contributed by atoms with Crippen LogP contribution in [0.4, 0.5) is 10.2 Å². The lowest BCUT2D eigenvalue weighted by atomic mass is 9.46. The second-order valence-corrected chi connectivity index (χ2v) is 12.9. The van der Waals surface area contributed by atoms with Crippen molar-refractivity contribution in [2.24, 2.45) is 17.3 Å². The molecule has 38 heavy (non-hydrogen) atoms. The molecule has 7 rings (SSSR count). The van der Waals surface area contributed by atoms with Gasteiger partial charge in [-0.15, -0.1) is 0 Å². The number of benzene rings is 1. The summed E-state index contributed by atoms with van der Waals surface area (Å²) >= 11 is 12.5. The third-order valence-corrected chi connectivity index (χ3v) is 10.3. The molecular formula is C27H32Cl2FN5O3. The third kappa shape index (κ3) is 4.40. The Balaban J connectivity index is 1.15. The fraction of sp³-hybridized carbons (Fsp3) is 0.630. The molecule has 1 saturated heterocycles. The fourth-order valence-electron chi connectivity index (χ4n) is 8.40. The van der Waals surface area contributed by atoms with Crippen LogP contribution in [-0.4, -0.2) is 56.6 Å². The minimum absolute atomic E-state index is 0.112. The number of aromatic nitrogens is 2. The molecule has 4 aliphatic carbocycles. The molecular weight excluding hydrogens is 532 g/mol. The highest BCUT2D eigenvalue weighted by Gasteiger charge is 2.61. The van der Waals surface area contributed by atoms with Crippen molar-refractivity contribution in [3.8, 4) is 0 Å². The zero-order valence-corrected chi connectivity index (χ0v) is 23.0. The van der Waals surface area contributed by atoms with Crippen molar-refractivity contribution in [2.75, 3.05) is 26.2 Å². The molecule has 1 amide bonds. The van der Waals surface area contributed by atoms with Crippen molar-refractivity contribution >= 4 is 34.9 Å². The summed E-state index contributed by atoms with van der Waals surface area (Å²) in [6.07, 6.45) is 6.39. The molecule has 5 aliphatic rings. The van der Waals surface area contributed by atoms with Gasteiger partial charge in [0.05, 0.1) is 16.3 Å². The van der Waals surface area contributed by atoms with Crippen molar-refractivity contribution < 1.29 is 14.1 Å². The average molecular weight is 564 g/mol. The molecule has 8 nitrogen and oxygen atoms in total. The predicted octanol–water partition coefficient (Wildman–Crippen LogP) is 5.58. The Kier molecular flexibility index (Phi) is 6.47. The number of piperazine rings is 1. The number of amides is 1. The van der Waals surface area contributed by atoms with Crippen molar-refractivity contribution in [1.82, 2.24) is 19.6 Å². The molecule has 2 unspecified atom stereocenters. The zero-order chi connectivity index (χ0) is 26.8. The van der Waals surface area contributed by atoms with Gasteiger partial charge in [-0.3, -0.25) is 9.69 Å². The van der Waals surface area contributed by atoms with Gasteiger partial charge in [0.1, 0.15) is 5.82 Å². The van der Waals surface area contributed by atoms with E-state index in [1.807, 2.05) is 16.5 Å². The van der Waals surface area contributed by atoms with Crippen LogP contribution in [0.2, 0.25) is 10.0 Å². The molecule has 1 aromatic carbocycles. The van der Waals surface area contributed by atoms with Gasteiger partial charge in [-0.25, -0.2) is 4.39 Å². The highest BCUT2D eigenvalue weighted by atomic mass is 35.5. The van der Waals surface area contributed by atoms with Gasteiger partial charge in [0.15, 0.2) is 5.02 Å². The van der Waals surface area contributed by atoms with Gasteiger partial charge in [0.2, 0.25) is 5.91 Å². The summed E-state index contributed by atoms with van der Waals surface area (Å²) in [5.74, 6) is 0.581. The van der Waals surface area contributed by atoms with Crippen LogP contribution in [0.5, 0.6) is 0 Å². The molecule has 4 saturated carbocycles. The molecule has 1 aliphatic heterocycles. The van der Waals surface area contributed by atoms with E-state index in [9.17, 15) is 19.3 Å². The maximum absolute atomic E-state index is 14.2. The Morgan fingerprint density at radius 3 is 2.45 bits per heavy atom. The highest BCUT2D eigenvalue weighted by molar-refractivity contribution is 6.33. The molecule has 0 N–H and O–H groups in total. The summed E-state index contributed by atoms with van der Waals surface area (Å²) in [6.45, 7) is 4.81. The zero-order valence-electron chi connectivity index (χ0n) is 21.5. The molecule has 2 aromatic rings. The van der Waals surface area contributed by atoms with Gasteiger partial charge in [-0.05, 0) is 79.8 Å². The first-order chi connectivity index (χ1) is 18.1. The van der Waals surface area contributed by atoms with Gasteiger partial charge in [-0.2, -0.15) is 4.68 Å². The Morgan fingerprint density at radius 2 is 1.84 bits per heavy atom. The van der Waals surface area contributed by atoms with Crippen LogP contribution in [0.15, 0.2) is 18.2 Å². The second-order valence-electron chi connectivity index (χ2n) is 12.1. The number of carbonyl (C=O) groups is 1. The van der Waals surface area contributed by atoms with Crippen LogP contribution in [0.3, 0.4) is 0 Å². The number of rotatable bonds is 6. The number of hydrogen-bond donors (Lipinski definition) is 0. The predicted molar refractivity (Wildman–Crippen MR) is 142 cm³/mol. The van der Waals surface area contributed by atoms with Gasteiger partial charge in [0, 0.05) is 49.7 Å². The lowest BCUT2D eigenvalue weighted by molar-refractivity contribution is -0.389. The van der Waals surface area contributed by atoms with E-state index in [0.29, 0.717) is 67.3 Å². The van der Waals surface area contributed by atoms with Crippen molar-refractivity contribution in [2.45, 2.75) is 64.0 Å². The summed E-state index contributed by atoms with van der Waals surface area (Å²) < 4.78 is 16.1. The minimum atomic E-state index is -0.509.